The Morgan fingerprint density at radius 3 is 2.67 bits per heavy atom. The van der Waals surface area contributed by atoms with Crippen molar-refractivity contribution in [1.82, 2.24) is 5.01 Å². The Morgan fingerprint density at radius 2 is 1.96 bits per heavy atom. The number of rotatable bonds is 6. The van der Waals surface area contributed by atoms with Crippen LogP contribution in [0.1, 0.15) is 42.0 Å². The van der Waals surface area contributed by atoms with Gasteiger partial charge >= 0.3 is 5.97 Å². The van der Waals surface area contributed by atoms with Crippen molar-refractivity contribution in [2.75, 3.05) is 7.11 Å². The minimum Gasteiger partial charge on any atom is -0.497 e. The van der Waals surface area contributed by atoms with Crippen LogP contribution < -0.4 is 4.74 Å². The van der Waals surface area contributed by atoms with Gasteiger partial charge in [0.05, 0.1) is 25.3 Å². The van der Waals surface area contributed by atoms with Gasteiger partial charge in [-0.2, -0.15) is 5.10 Å². The number of aryl methyl sites for hydroxylation is 1. The molecule has 1 atom stereocenters. The Hall–Kier alpha value is -3.15. The third-order valence-corrected chi connectivity index (χ3v) is 4.55. The van der Waals surface area contributed by atoms with Crippen LogP contribution in [0.3, 0.4) is 0 Å². The van der Waals surface area contributed by atoms with Gasteiger partial charge in [0.15, 0.2) is 0 Å². The van der Waals surface area contributed by atoms with Gasteiger partial charge in [0, 0.05) is 12.8 Å². The molecular weight excluding hydrogens is 344 g/mol. The number of hydrazone groups is 1. The predicted molar refractivity (Wildman–Crippen MR) is 102 cm³/mol. The molecule has 0 spiro atoms. The quantitative estimate of drug-likeness (QED) is 0.848. The zero-order valence-electron chi connectivity index (χ0n) is 15.4. The summed E-state index contributed by atoms with van der Waals surface area (Å²) in [6, 6.07) is 15.2. The van der Waals surface area contributed by atoms with E-state index in [1.165, 1.54) is 5.01 Å². The average Bonchev–Trinajstić information content (AvgIpc) is 3.12. The van der Waals surface area contributed by atoms with Gasteiger partial charge in [-0.1, -0.05) is 42.0 Å². The number of hydrogen-bond acceptors (Lipinski definition) is 4. The molecular formula is C21H22N2O4. The van der Waals surface area contributed by atoms with E-state index in [2.05, 4.69) is 5.10 Å². The van der Waals surface area contributed by atoms with Gasteiger partial charge < -0.3 is 9.84 Å². The Morgan fingerprint density at radius 1 is 1.19 bits per heavy atom. The average molecular weight is 366 g/mol. The maximum Gasteiger partial charge on any atom is 0.303 e. The molecule has 2 aromatic rings. The molecule has 1 amide bonds. The molecule has 6 heteroatoms. The number of methoxy groups -OCH3 is 1. The van der Waals surface area contributed by atoms with E-state index in [0.29, 0.717) is 12.2 Å². The highest BCUT2D eigenvalue weighted by Gasteiger charge is 2.33. The van der Waals surface area contributed by atoms with Crippen molar-refractivity contribution < 1.29 is 19.4 Å². The van der Waals surface area contributed by atoms with Crippen molar-refractivity contribution in [3.63, 3.8) is 0 Å². The van der Waals surface area contributed by atoms with Gasteiger partial charge in [-0.15, -0.1) is 0 Å². The lowest BCUT2D eigenvalue weighted by atomic mass is 9.97. The van der Waals surface area contributed by atoms with Crippen molar-refractivity contribution >= 4 is 17.6 Å². The van der Waals surface area contributed by atoms with Crippen LogP contribution in [0.15, 0.2) is 53.6 Å². The zero-order chi connectivity index (χ0) is 19.4. The Bertz CT molecular complexity index is 891. The third kappa shape index (κ3) is 4.34. The van der Waals surface area contributed by atoms with Crippen LogP contribution >= 0.6 is 0 Å². The monoisotopic (exact) mass is 366 g/mol. The molecule has 6 nitrogen and oxygen atoms in total. The maximum atomic E-state index is 12.7. The van der Waals surface area contributed by atoms with Crippen molar-refractivity contribution in [3.05, 3.63) is 65.2 Å². The highest BCUT2D eigenvalue weighted by molar-refractivity contribution is 6.03. The third-order valence-electron chi connectivity index (χ3n) is 4.55. The molecule has 2 aromatic carbocycles. The van der Waals surface area contributed by atoms with Crippen LogP contribution in [-0.2, 0) is 9.59 Å². The molecule has 0 aliphatic carbocycles. The summed E-state index contributed by atoms with van der Waals surface area (Å²) in [5, 5.41) is 14.9. The molecule has 0 bridgehead atoms. The minimum atomic E-state index is -0.997. The summed E-state index contributed by atoms with van der Waals surface area (Å²) < 4.78 is 5.30. The first-order chi connectivity index (χ1) is 13.0. The molecule has 1 N–H and O–H groups in total. The molecule has 1 aliphatic heterocycles. The lowest BCUT2D eigenvalue weighted by molar-refractivity contribution is -0.141. The van der Waals surface area contributed by atoms with Crippen LogP contribution in [0, 0.1) is 6.92 Å². The number of ether oxygens (including phenoxy) is 1. The van der Waals surface area contributed by atoms with E-state index in [9.17, 15) is 9.59 Å². The van der Waals surface area contributed by atoms with E-state index in [1.54, 1.807) is 7.11 Å². The van der Waals surface area contributed by atoms with Gasteiger partial charge in [-0.25, -0.2) is 5.01 Å². The van der Waals surface area contributed by atoms with Gasteiger partial charge in [0.2, 0.25) is 5.91 Å². The van der Waals surface area contributed by atoms with E-state index in [0.717, 1.165) is 22.4 Å². The van der Waals surface area contributed by atoms with Gasteiger partial charge in [-0.05, 0) is 30.2 Å². The van der Waals surface area contributed by atoms with Crippen molar-refractivity contribution in [1.29, 1.82) is 0 Å². The van der Waals surface area contributed by atoms with Crippen LogP contribution in [0.25, 0.3) is 0 Å². The minimum absolute atomic E-state index is 0.0829. The lowest BCUT2D eigenvalue weighted by Gasteiger charge is -2.22. The topological polar surface area (TPSA) is 79.2 Å². The number of hydrogen-bond donors (Lipinski definition) is 1. The number of carboxylic acid groups (broad SMARTS) is 1. The second-order valence-corrected chi connectivity index (χ2v) is 6.54. The molecule has 140 valence electrons. The van der Waals surface area contributed by atoms with Crippen LogP contribution in [0.5, 0.6) is 5.75 Å². The predicted octanol–water partition coefficient (Wildman–Crippen LogP) is 3.55. The summed E-state index contributed by atoms with van der Waals surface area (Å²) in [5.41, 5.74) is 3.81. The van der Waals surface area contributed by atoms with Crippen molar-refractivity contribution in [2.45, 2.75) is 32.2 Å². The standard InChI is InChI=1S/C21H22N2O4/c1-14-5-3-6-15(11-14)18-13-19(16-7-4-8-17(12-16)27-2)23(22-18)20(24)9-10-21(25)26/h3-8,11-12,19H,9-10,13H2,1-2H3,(H,25,26)/t19-/m1/s1. The van der Waals surface area contributed by atoms with E-state index < -0.39 is 5.97 Å². The normalized spacial score (nSPS) is 16.1. The van der Waals surface area contributed by atoms with Crippen molar-refractivity contribution in [3.8, 4) is 5.75 Å². The first kappa shape index (κ1) is 18.6. The van der Waals surface area contributed by atoms with E-state index >= 15 is 0 Å². The van der Waals surface area contributed by atoms with Gasteiger partial charge in [0.25, 0.3) is 0 Å². The Balaban J connectivity index is 1.93. The second kappa shape index (κ2) is 8.03. The van der Waals surface area contributed by atoms with E-state index in [4.69, 9.17) is 9.84 Å². The smallest absolute Gasteiger partial charge is 0.303 e. The Labute approximate surface area is 158 Å². The fourth-order valence-corrected chi connectivity index (χ4v) is 3.18. The number of aliphatic carboxylic acids is 1. The number of carbonyl (C=O) groups excluding carboxylic acids is 1. The summed E-state index contributed by atoms with van der Waals surface area (Å²) in [4.78, 5) is 23.5. The fraction of sp³-hybridized carbons (Fsp3) is 0.286. The lowest BCUT2D eigenvalue weighted by Crippen LogP contribution is -2.27. The number of nitrogens with zero attached hydrogens (tertiary/aromatic N) is 2. The highest BCUT2D eigenvalue weighted by Crippen LogP contribution is 2.34. The number of benzene rings is 2. The fourth-order valence-electron chi connectivity index (χ4n) is 3.18. The number of carbonyl (C=O) groups is 2. The van der Waals surface area contributed by atoms with Crippen LogP contribution in [0.2, 0.25) is 0 Å². The molecule has 0 aromatic heterocycles. The summed E-state index contributed by atoms with van der Waals surface area (Å²) >= 11 is 0. The largest absolute Gasteiger partial charge is 0.497 e. The van der Waals surface area contributed by atoms with Crippen LogP contribution in [0.4, 0.5) is 0 Å². The molecule has 0 saturated heterocycles. The Kier molecular flexibility index (Phi) is 5.54. The summed E-state index contributed by atoms with van der Waals surface area (Å²) in [6.45, 7) is 2.01. The SMILES string of the molecule is COc1cccc([C@H]2CC(c3cccc(C)c3)=NN2C(=O)CCC(=O)O)c1. The van der Waals surface area contributed by atoms with Crippen LogP contribution in [-0.4, -0.2) is 34.8 Å². The zero-order valence-corrected chi connectivity index (χ0v) is 15.4. The van der Waals surface area contributed by atoms with Gasteiger partial charge in [0.1, 0.15) is 5.75 Å². The first-order valence-electron chi connectivity index (χ1n) is 8.80. The number of amides is 1. The van der Waals surface area contributed by atoms with Crippen molar-refractivity contribution in [2.24, 2.45) is 5.10 Å². The van der Waals surface area contributed by atoms with E-state index in [-0.39, 0.29) is 24.8 Å². The molecule has 0 saturated carbocycles. The molecule has 3 rings (SSSR count). The second-order valence-electron chi connectivity index (χ2n) is 6.54. The summed E-state index contributed by atoms with van der Waals surface area (Å²) in [5.74, 6) is -0.592. The van der Waals surface area contributed by atoms with E-state index in [1.807, 2.05) is 55.5 Å². The molecule has 0 unspecified atom stereocenters. The highest BCUT2D eigenvalue weighted by atomic mass is 16.5. The summed E-state index contributed by atoms with van der Waals surface area (Å²) in [6.07, 6.45) is 0.269. The molecule has 1 heterocycles. The molecule has 0 radical (unpaired) electrons. The first-order valence-corrected chi connectivity index (χ1v) is 8.80. The molecule has 0 fully saturated rings. The summed E-state index contributed by atoms with van der Waals surface area (Å²) in [7, 11) is 1.60. The number of carboxylic acids is 1. The molecule has 27 heavy (non-hydrogen) atoms. The molecule has 1 aliphatic rings. The maximum absolute atomic E-state index is 12.7. The van der Waals surface area contributed by atoms with Gasteiger partial charge in [-0.3, -0.25) is 9.59 Å².